The molecule has 2 aromatic heterocycles. The number of nitrogens with zero attached hydrogens (tertiary/aromatic N) is 2. The van der Waals surface area contributed by atoms with Crippen molar-refractivity contribution in [2.24, 2.45) is 0 Å². The Bertz CT molecular complexity index is 685. The lowest BCUT2D eigenvalue weighted by atomic mass is 10.2. The van der Waals surface area contributed by atoms with E-state index < -0.39 is 24.1 Å². The molecule has 1 aliphatic rings. The van der Waals surface area contributed by atoms with Crippen LogP contribution in [0.15, 0.2) is 28.5 Å². The van der Waals surface area contributed by atoms with Gasteiger partial charge in [0.25, 0.3) is 0 Å². The number of thiophene rings is 1. The Labute approximate surface area is 124 Å². The van der Waals surface area contributed by atoms with Gasteiger partial charge in [0.15, 0.2) is 0 Å². The maximum Gasteiger partial charge on any atom is 0.351 e. The van der Waals surface area contributed by atoms with Crippen molar-refractivity contribution in [2.75, 3.05) is 12.3 Å². The molecule has 0 bridgehead atoms. The summed E-state index contributed by atoms with van der Waals surface area (Å²) in [6.45, 7) is -0.299. The molecule has 4 N–H and O–H groups in total. The second kappa shape index (κ2) is 5.57. The second-order valence-corrected chi connectivity index (χ2v) is 5.77. The van der Waals surface area contributed by atoms with Crippen LogP contribution >= 0.6 is 11.3 Å². The number of aliphatic hydroxyl groups excluding tert-OH is 2. The predicted octanol–water partition coefficient (Wildman–Crippen LogP) is 0.195. The summed E-state index contributed by atoms with van der Waals surface area (Å²) in [5.41, 5.74) is 5.92. The molecular formula is C13H15N3O4S. The summed E-state index contributed by atoms with van der Waals surface area (Å²) in [4.78, 5) is 16.7. The Hall–Kier alpha value is -1.74. The summed E-state index contributed by atoms with van der Waals surface area (Å²) in [5, 5.41) is 20.8. The number of aliphatic hydroxyl groups is 2. The van der Waals surface area contributed by atoms with Gasteiger partial charge in [0.1, 0.15) is 18.1 Å². The molecule has 0 amide bonds. The lowest BCUT2D eigenvalue weighted by Crippen LogP contribution is -2.28. The van der Waals surface area contributed by atoms with Crippen LogP contribution < -0.4 is 11.4 Å². The molecule has 8 heteroatoms. The molecule has 0 saturated carbocycles. The topological polar surface area (TPSA) is 111 Å². The van der Waals surface area contributed by atoms with Gasteiger partial charge in [-0.05, 0) is 11.4 Å². The zero-order valence-electron chi connectivity index (χ0n) is 11.0. The van der Waals surface area contributed by atoms with Crippen LogP contribution in [0, 0.1) is 0 Å². The van der Waals surface area contributed by atoms with E-state index in [-0.39, 0.29) is 18.8 Å². The SMILES string of the molecule is Nc1nc(=O)n([C@H]2C[C@H](O)[C@@H](CO)O2)cc1-c1cccs1. The van der Waals surface area contributed by atoms with Crippen molar-refractivity contribution in [2.45, 2.75) is 24.9 Å². The average molecular weight is 309 g/mol. The molecule has 0 aliphatic carbocycles. The van der Waals surface area contributed by atoms with Gasteiger partial charge in [0.2, 0.25) is 0 Å². The van der Waals surface area contributed by atoms with Crippen molar-refractivity contribution in [1.29, 1.82) is 0 Å². The largest absolute Gasteiger partial charge is 0.394 e. The summed E-state index contributed by atoms with van der Waals surface area (Å²) in [6.07, 6.45) is -0.343. The van der Waals surface area contributed by atoms with E-state index in [1.807, 2.05) is 17.5 Å². The summed E-state index contributed by atoms with van der Waals surface area (Å²) in [6, 6.07) is 3.76. The van der Waals surface area contributed by atoms with Gasteiger partial charge in [0, 0.05) is 17.5 Å². The van der Waals surface area contributed by atoms with E-state index in [9.17, 15) is 9.90 Å². The lowest BCUT2D eigenvalue weighted by molar-refractivity contribution is -0.0458. The molecule has 112 valence electrons. The summed E-state index contributed by atoms with van der Waals surface area (Å²) < 4.78 is 6.80. The Morgan fingerprint density at radius 1 is 1.57 bits per heavy atom. The average Bonchev–Trinajstić information content (AvgIpc) is 3.08. The number of nitrogen functional groups attached to an aromatic ring is 1. The molecule has 1 fully saturated rings. The zero-order chi connectivity index (χ0) is 15.0. The molecule has 0 spiro atoms. The maximum atomic E-state index is 12.0. The van der Waals surface area contributed by atoms with Crippen LogP contribution in [0.4, 0.5) is 5.82 Å². The van der Waals surface area contributed by atoms with Crippen molar-refractivity contribution < 1.29 is 14.9 Å². The number of rotatable bonds is 3. The smallest absolute Gasteiger partial charge is 0.351 e. The molecule has 7 nitrogen and oxygen atoms in total. The standard InChI is InChI=1S/C13H15N3O4S/c14-12-7(10-2-1-3-21-10)5-16(13(19)15-12)11-4-8(18)9(6-17)20-11/h1-3,5,8-9,11,17-18H,4,6H2,(H2,14,15,19)/t8-,9+,11+/m0/s1. The monoisotopic (exact) mass is 309 g/mol. The van der Waals surface area contributed by atoms with E-state index in [4.69, 9.17) is 15.6 Å². The van der Waals surface area contributed by atoms with E-state index in [2.05, 4.69) is 4.98 Å². The molecule has 3 rings (SSSR count). The third-order valence-electron chi connectivity index (χ3n) is 3.46. The first-order chi connectivity index (χ1) is 10.1. The minimum atomic E-state index is -0.811. The van der Waals surface area contributed by atoms with E-state index >= 15 is 0 Å². The van der Waals surface area contributed by atoms with Gasteiger partial charge in [-0.1, -0.05) is 6.07 Å². The van der Waals surface area contributed by atoms with Crippen LogP contribution in [-0.4, -0.2) is 38.6 Å². The number of hydrogen-bond donors (Lipinski definition) is 3. The fourth-order valence-corrected chi connectivity index (χ4v) is 3.10. The first-order valence-electron chi connectivity index (χ1n) is 6.47. The van der Waals surface area contributed by atoms with Gasteiger partial charge in [-0.25, -0.2) is 4.79 Å². The van der Waals surface area contributed by atoms with Crippen LogP contribution in [0.25, 0.3) is 10.4 Å². The van der Waals surface area contributed by atoms with E-state index in [1.54, 1.807) is 6.20 Å². The van der Waals surface area contributed by atoms with Crippen LogP contribution in [0.2, 0.25) is 0 Å². The third-order valence-corrected chi connectivity index (χ3v) is 4.37. The normalized spacial score (nSPS) is 25.3. The number of anilines is 1. The molecule has 3 heterocycles. The van der Waals surface area contributed by atoms with Gasteiger partial charge in [-0.15, -0.1) is 11.3 Å². The summed E-state index contributed by atoms with van der Waals surface area (Å²) in [5.74, 6) is 0.163. The fourth-order valence-electron chi connectivity index (χ4n) is 2.36. The number of aromatic nitrogens is 2. The second-order valence-electron chi connectivity index (χ2n) is 4.82. The van der Waals surface area contributed by atoms with Gasteiger partial charge in [0.05, 0.1) is 18.3 Å². The quantitative estimate of drug-likeness (QED) is 0.747. The first kappa shape index (κ1) is 14.2. The Morgan fingerprint density at radius 2 is 2.38 bits per heavy atom. The number of nitrogens with two attached hydrogens (primary N) is 1. The Kier molecular flexibility index (Phi) is 3.77. The van der Waals surface area contributed by atoms with E-state index in [0.29, 0.717) is 5.56 Å². The van der Waals surface area contributed by atoms with Crippen LogP contribution in [0.3, 0.4) is 0 Å². The third kappa shape index (κ3) is 2.58. The molecule has 3 atom stereocenters. The predicted molar refractivity (Wildman–Crippen MR) is 77.8 cm³/mol. The maximum absolute atomic E-state index is 12.0. The van der Waals surface area contributed by atoms with Crippen molar-refractivity contribution in [1.82, 2.24) is 9.55 Å². The highest BCUT2D eigenvalue weighted by Crippen LogP contribution is 2.31. The molecule has 0 unspecified atom stereocenters. The van der Waals surface area contributed by atoms with Crippen LogP contribution in [0.5, 0.6) is 0 Å². The lowest BCUT2D eigenvalue weighted by Gasteiger charge is -2.15. The molecule has 1 saturated heterocycles. The number of hydrogen-bond acceptors (Lipinski definition) is 7. The molecular weight excluding hydrogens is 294 g/mol. The fraction of sp³-hybridized carbons (Fsp3) is 0.385. The highest BCUT2D eigenvalue weighted by Gasteiger charge is 2.35. The van der Waals surface area contributed by atoms with Crippen molar-refractivity contribution in [3.63, 3.8) is 0 Å². The summed E-state index contributed by atoms with van der Waals surface area (Å²) in [7, 11) is 0. The summed E-state index contributed by atoms with van der Waals surface area (Å²) >= 11 is 1.49. The van der Waals surface area contributed by atoms with Crippen molar-refractivity contribution in [3.8, 4) is 10.4 Å². The van der Waals surface area contributed by atoms with E-state index in [1.165, 1.54) is 15.9 Å². The Balaban J connectivity index is 2.00. The first-order valence-corrected chi connectivity index (χ1v) is 7.35. The van der Waals surface area contributed by atoms with E-state index in [0.717, 1.165) is 4.88 Å². The van der Waals surface area contributed by atoms with Gasteiger partial charge in [-0.2, -0.15) is 4.98 Å². The zero-order valence-corrected chi connectivity index (χ0v) is 11.9. The van der Waals surface area contributed by atoms with Crippen LogP contribution in [0.1, 0.15) is 12.6 Å². The van der Waals surface area contributed by atoms with Crippen molar-refractivity contribution >= 4 is 17.2 Å². The highest BCUT2D eigenvalue weighted by atomic mass is 32.1. The number of ether oxygens (including phenoxy) is 1. The van der Waals surface area contributed by atoms with Gasteiger partial charge in [-0.3, -0.25) is 4.57 Å². The Morgan fingerprint density at radius 3 is 3.00 bits per heavy atom. The minimum absolute atomic E-state index is 0.163. The molecule has 0 aromatic carbocycles. The van der Waals surface area contributed by atoms with Crippen molar-refractivity contribution in [3.05, 3.63) is 34.2 Å². The minimum Gasteiger partial charge on any atom is -0.394 e. The highest BCUT2D eigenvalue weighted by molar-refractivity contribution is 7.13. The molecule has 21 heavy (non-hydrogen) atoms. The van der Waals surface area contributed by atoms with Gasteiger partial charge >= 0.3 is 5.69 Å². The molecule has 2 aromatic rings. The van der Waals surface area contributed by atoms with Crippen LogP contribution in [-0.2, 0) is 4.74 Å². The molecule has 1 aliphatic heterocycles. The van der Waals surface area contributed by atoms with Gasteiger partial charge < -0.3 is 20.7 Å². The molecule has 0 radical (unpaired) electrons.